The summed E-state index contributed by atoms with van der Waals surface area (Å²) in [6.45, 7) is 2.03. The highest BCUT2D eigenvalue weighted by molar-refractivity contribution is 9.10. The number of hydrogen-bond donors (Lipinski definition) is 1. The number of halogens is 2. The lowest BCUT2D eigenvalue weighted by molar-refractivity contribution is 1.41. The molecule has 0 bridgehead atoms. The van der Waals surface area contributed by atoms with Gasteiger partial charge in [-0.05, 0) is 42.8 Å². The van der Waals surface area contributed by atoms with E-state index in [0.29, 0.717) is 10.6 Å². The number of nitrogens with zero attached hydrogens (tertiary/aromatic N) is 1. The maximum Gasteiger partial charge on any atom is 0.101 e. The van der Waals surface area contributed by atoms with Gasteiger partial charge in [0.25, 0.3) is 0 Å². The van der Waals surface area contributed by atoms with Crippen LogP contribution in [0.1, 0.15) is 11.1 Å². The fourth-order valence-corrected chi connectivity index (χ4v) is 2.15. The van der Waals surface area contributed by atoms with Crippen molar-refractivity contribution >= 4 is 38.9 Å². The Labute approximate surface area is 119 Å². The third kappa shape index (κ3) is 2.84. The first kappa shape index (κ1) is 12.9. The second kappa shape index (κ2) is 5.43. The summed E-state index contributed by atoms with van der Waals surface area (Å²) in [5.41, 5.74) is 3.48. The van der Waals surface area contributed by atoms with E-state index in [9.17, 15) is 0 Å². The summed E-state index contributed by atoms with van der Waals surface area (Å²) < 4.78 is 1.01. The van der Waals surface area contributed by atoms with Crippen LogP contribution in [-0.2, 0) is 0 Å². The minimum atomic E-state index is 0.454. The number of nitriles is 1. The van der Waals surface area contributed by atoms with E-state index >= 15 is 0 Å². The maximum atomic E-state index is 8.82. The van der Waals surface area contributed by atoms with Gasteiger partial charge in [0.15, 0.2) is 0 Å². The quantitative estimate of drug-likeness (QED) is 0.842. The third-order valence-electron chi connectivity index (χ3n) is 2.57. The molecule has 0 aliphatic heterocycles. The molecule has 0 heterocycles. The Morgan fingerprint density at radius 3 is 2.67 bits per heavy atom. The number of nitrogens with one attached hydrogen (secondary N) is 1. The number of rotatable bonds is 2. The predicted molar refractivity (Wildman–Crippen MR) is 78.3 cm³/mol. The minimum absolute atomic E-state index is 0.454. The number of hydrogen-bond acceptors (Lipinski definition) is 2. The molecule has 1 N–H and O–H groups in total. The van der Waals surface area contributed by atoms with Crippen LogP contribution < -0.4 is 5.32 Å². The maximum absolute atomic E-state index is 8.82. The molecule has 0 saturated carbocycles. The van der Waals surface area contributed by atoms with Crippen LogP contribution in [0.2, 0.25) is 5.02 Å². The van der Waals surface area contributed by atoms with Crippen molar-refractivity contribution in [2.45, 2.75) is 6.92 Å². The van der Waals surface area contributed by atoms with Crippen molar-refractivity contribution < 1.29 is 0 Å². The molecule has 0 fully saturated rings. The Morgan fingerprint density at radius 2 is 2.00 bits per heavy atom. The van der Waals surface area contributed by atoms with Gasteiger partial charge in [-0.15, -0.1) is 0 Å². The first-order valence-corrected chi connectivity index (χ1v) is 6.50. The van der Waals surface area contributed by atoms with Crippen molar-refractivity contribution in [2.75, 3.05) is 5.32 Å². The highest BCUT2D eigenvalue weighted by atomic mass is 79.9. The standard InChI is InChI=1S/C14H10BrClN2/c1-9-2-4-11(15)6-14(9)18-12-5-3-10(8-17)13(16)7-12/h2-7,18H,1H3. The van der Waals surface area contributed by atoms with Crippen molar-refractivity contribution in [1.29, 1.82) is 5.26 Å². The molecular weight excluding hydrogens is 312 g/mol. The first-order valence-electron chi connectivity index (χ1n) is 5.33. The van der Waals surface area contributed by atoms with Gasteiger partial charge < -0.3 is 5.32 Å². The van der Waals surface area contributed by atoms with E-state index in [2.05, 4.69) is 21.2 Å². The van der Waals surface area contributed by atoms with Gasteiger partial charge in [0.2, 0.25) is 0 Å². The zero-order valence-corrected chi connectivity index (χ0v) is 12.0. The van der Waals surface area contributed by atoms with Gasteiger partial charge in [-0.3, -0.25) is 0 Å². The summed E-state index contributed by atoms with van der Waals surface area (Å²) in [7, 11) is 0. The minimum Gasteiger partial charge on any atom is -0.355 e. The molecule has 4 heteroatoms. The van der Waals surface area contributed by atoms with Gasteiger partial charge in [-0.1, -0.05) is 33.6 Å². The highest BCUT2D eigenvalue weighted by Crippen LogP contribution is 2.27. The van der Waals surface area contributed by atoms with Crippen LogP contribution in [0, 0.1) is 18.3 Å². The average Bonchev–Trinajstić information content (AvgIpc) is 2.34. The lowest BCUT2D eigenvalue weighted by Gasteiger charge is -2.10. The lowest BCUT2D eigenvalue weighted by atomic mass is 10.1. The molecule has 2 aromatic rings. The number of anilines is 2. The van der Waals surface area contributed by atoms with Crippen LogP contribution in [0.15, 0.2) is 40.9 Å². The van der Waals surface area contributed by atoms with Gasteiger partial charge in [0.05, 0.1) is 10.6 Å². The molecule has 2 aromatic carbocycles. The second-order valence-electron chi connectivity index (χ2n) is 3.89. The first-order chi connectivity index (χ1) is 8.60. The SMILES string of the molecule is Cc1ccc(Br)cc1Nc1ccc(C#N)c(Cl)c1. The van der Waals surface area contributed by atoms with E-state index in [-0.39, 0.29) is 0 Å². The topological polar surface area (TPSA) is 35.8 Å². The van der Waals surface area contributed by atoms with Crippen molar-refractivity contribution in [3.05, 3.63) is 57.0 Å². The molecule has 0 aliphatic carbocycles. The van der Waals surface area contributed by atoms with Gasteiger partial charge >= 0.3 is 0 Å². The third-order valence-corrected chi connectivity index (χ3v) is 3.37. The van der Waals surface area contributed by atoms with Crippen LogP contribution in [-0.4, -0.2) is 0 Å². The number of aryl methyl sites for hydroxylation is 1. The van der Waals surface area contributed by atoms with Gasteiger partial charge in [-0.25, -0.2) is 0 Å². The molecule has 90 valence electrons. The van der Waals surface area contributed by atoms with Crippen LogP contribution in [0.25, 0.3) is 0 Å². The molecular formula is C14H10BrClN2. The molecule has 0 spiro atoms. The molecule has 0 radical (unpaired) electrons. The van der Waals surface area contributed by atoms with E-state index < -0.39 is 0 Å². The van der Waals surface area contributed by atoms with Crippen molar-refractivity contribution in [2.24, 2.45) is 0 Å². The van der Waals surface area contributed by atoms with E-state index in [1.165, 1.54) is 0 Å². The molecule has 0 unspecified atom stereocenters. The Hall–Kier alpha value is -1.50. The summed E-state index contributed by atoms with van der Waals surface area (Å²) >= 11 is 9.43. The number of benzene rings is 2. The Bertz CT molecular complexity index is 632. The summed E-state index contributed by atoms with van der Waals surface area (Å²) in [5.74, 6) is 0. The zero-order chi connectivity index (χ0) is 13.1. The van der Waals surface area contributed by atoms with Crippen molar-refractivity contribution in [3.8, 4) is 6.07 Å². The van der Waals surface area contributed by atoms with Gasteiger partial charge in [0.1, 0.15) is 6.07 Å². The molecule has 2 nitrogen and oxygen atoms in total. The summed E-state index contributed by atoms with van der Waals surface area (Å²) in [5, 5.41) is 12.6. The molecule has 0 atom stereocenters. The summed E-state index contributed by atoms with van der Waals surface area (Å²) in [4.78, 5) is 0. The van der Waals surface area contributed by atoms with Crippen LogP contribution >= 0.6 is 27.5 Å². The molecule has 0 aromatic heterocycles. The van der Waals surface area contributed by atoms with Crippen molar-refractivity contribution in [1.82, 2.24) is 0 Å². The molecule has 0 saturated heterocycles. The summed E-state index contributed by atoms with van der Waals surface area (Å²) in [6, 6.07) is 13.4. The fraction of sp³-hybridized carbons (Fsp3) is 0.0714. The Balaban J connectivity index is 2.32. The highest BCUT2D eigenvalue weighted by Gasteiger charge is 2.03. The lowest BCUT2D eigenvalue weighted by Crippen LogP contribution is -1.93. The van der Waals surface area contributed by atoms with Crippen LogP contribution in [0.5, 0.6) is 0 Å². The van der Waals surface area contributed by atoms with Gasteiger partial charge in [-0.2, -0.15) is 5.26 Å². The van der Waals surface area contributed by atoms with E-state index in [4.69, 9.17) is 16.9 Å². The van der Waals surface area contributed by atoms with Gasteiger partial charge in [0, 0.05) is 15.8 Å². The normalized spacial score (nSPS) is 9.89. The molecule has 0 aliphatic rings. The van der Waals surface area contributed by atoms with Crippen molar-refractivity contribution in [3.63, 3.8) is 0 Å². The largest absolute Gasteiger partial charge is 0.355 e. The Kier molecular flexibility index (Phi) is 3.90. The fourth-order valence-electron chi connectivity index (χ4n) is 1.57. The predicted octanol–water partition coefficient (Wildman–Crippen LogP) is 5.03. The monoisotopic (exact) mass is 320 g/mol. The van der Waals surface area contributed by atoms with Crippen LogP contribution in [0.4, 0.5) is 11.4 Å². The van der Waals surface area contributed by atoms with E-state index in [1.807, 2.05) is 37.3 Å². The smallest absolute Gasteiger partial charge is 0.101 e. The molecule has 18 heavy (non-hydrogen) atoms. The average molecular weight is 322 g/mol. The van der Waals surface area contributed by atoms with E-state index in [0.717, 1.165) is 21.4 Å². The molecule has 0 amide bonds. The van der Waals surface area contributed by atoms with Crippen LogP contribution in [0.3, 0.4) is 0 Å². The Morgan fingerprint density at radius 1 is 1.22 bits per heavy atom. The second-order valence-corrected chi connectivity index (χ2v) is 5.21. The van der Waals surface area contributed by atoms with E-state index in [1.54, 1.807) is 12.1 Å². The molecule has 2 rings (SSSR count). The summed E-state index contributed by atoms with van der Waals surface area (Å²) in [6.07, 6.45) is 0. The zero-order valence-electron chi connectivity index (χ0n) is 9.67.